The fourth-order valence-electron chi connectivity index (χ4n) is 2.28. The van der Waals surface area contributed by atoms with Crippen molar-refractivity contribution in [1.82, 2.24) is 9.29 Å². The van der Waals surface area contributed by atoms with Crippen LogP contribution in [0.15, 0.2) is 23.4 Å². The number of aliphatic hydroxyl groups excluding tert-OH is 1. The number of nitrogens with zero attached hydrogens (tertiary/aromatic N) is 2. The van der Waals surface area contributed by atoms with Crippen molar-refractivity contribution in [2.24, 2.45) is 5.92 Å². The summed E-state index contributed by atoms with van der Waals surface area (Å²) in [6.07, 6.45) is 1.96. The van der Waals surface area contributed by atoms with Gasteiger partial charge in [-0.1, -0.05) is 0 Å². The maximum absolute atomic E-state index is 13.5. The minimum atomic E-state index is -3.88. The fourth-order valence-corrected chi connectivity index (χ4v) is 3.73. The summed E-state index contributed by atoms with van der Waals surface area (Å²) in [6.45, 7) is 2.27. The average Bonchev–Trinajstić information content (AvgIpc) is 2.39. The van der Waals surface area contributed by atoms with Gasteiger partial charge >= 0.3 is 0 Å². The van der Waals surface area contributed by atoms with Gasteiger partial charge in [-0.05, 0) is 37.8 Å². The topological polar surface area (TPSA) is 70.5 Å². The maximum Gasteiger partial charge on any atom is 0.263 e. The van der Waals surface area contributed by atoms with E-state index in [1.165, 1.54) is 16.6 Å². The molecule has 7 heteroatoms. The Kier molecular flexibility index (Phi) is 4.17. The minimum Gasteiger partial charge on any atom is -0.393 e. The number of aromatic nitrogens is 1. The van der Waals surface area contributed by atoms with Gasteiger partial charge in [-0.15, -0.1) is 0 Å². The minimum absolute atomic E-state index is 0.0972. The molecule has 1 aliphatic rings. The number of rotatable bonds is 3. The second kappa shape index (κ2) is 5.52. The van der Waals surface area contributed by atoms with Crippen LogP contribution in [-0.2, 0) is 10.0 Å². The quantitative estimate of drug-likeness (QED) is 0.901. The molecule has 1 N–H and O–H groups in total. The molecule has 0 aliphatic carbocycles. The van der Waals surface area contributed by atoms with Crippen molar-refractivity contribution in [2.75, 3.05) is 13.1 Å². The van der Waals surface area contributed by atoms with Gasteiger partial charge in [0.05, 0.1) is 6.10 Å². The second-order valence-electron chi connectivity index (χ2n) is 4.77. The van der Waals surface area contributed by atoms with Gasteiger partial charge in [0.15, 0.2) is 5.82 Å². The lowest BCUT2D eigenvalue weighted by Crippen LogP contribution is -2.41. The number of halogens is 1. The number of hydrogen-bond donors (Lipinski definition) is 1. The van der Waals surface area contributed by atoms with Crippen LogP contribution in [-0.4, -0.2) is 42.0 Å². The van der Waals surface area contributed by atoms with E-state index in [0.717, 1.165) is 6.07 Å². The molecule has 0 spiro atoms. The van der Waals surface area contributed by atoms with E-state index in [1.807, 2.05) is 0 Å². The number of aliphatic hydroxyl groups is 1. The Balaban J connectivity index is 2.17. The summed E-state index contributed by atoms with van der Waals surface area (Å²) in [6, 6.07) is 2.44. The van der Waals surface area contributed by atoms with E-state index in [0.29, 0.717) is 12.8 Å². The number of sulfonamides is 1. The molecule has 1 saturated heterocycles. The molecule has 2 rings (SSSR count). The van der Waals surface area contributed by atoms with Crippen molar-refractivity contribution in [3.05, 3.63) is 24.1 Å². The molecule has 5 nitrogen and oxygen atoms in total. The van der Waals surface area contributed by atoms with Crippen LogP contribution in [0.3, 0.4) is 0 Å². The first-order chi connectivity index (χ1) is 8.93. The first-order valence-electron chi connectivity index (χ1n) is 6.21. The number of piperidine rings is 1. The van der Waals surface area contributed by atoms with Crippen molar-refractivity contribution in [3.8, 4) is 0 Å². The summed E-state index contributed by atoms with van der Waals surface area (Å²) < 4.78 is 39.3. The van der Waals surface area contributed by atoms with Crippen LogP contribution in [0.4, 0.5) is 4.39 Å². The molecule has 0 aromatic carbocycles. The number of pyridine rings is 1. The monoisotopic (exact) mass is 288 g/mol. The van der Waals surface area contributed by atoms with E-state index in [-0.39, 0.29) is 19.0 Å². The van der Waals surface area contributed by atoms with Gasteiger partial charge in [0.1, 0.15) is 0 Å². The van der Waals surface area contributed by atoms with Crippen LogP contribution < -0.4 is 0 Å². The van der Waals surface area contributed by atoms with Crippen LogP contribution in [0.5, 0.6) is 0 Å². The Bertz CT molecular complexity index is 540. The lowest BCUT2D eigenvalue weighted by molar-refractivity contribution is 0.0911. The largest absolute Gasteiger partial charge is 0.393 e. The zero-order valence-corrected chi connectivity index (χ0v) is 11.5. The smallest absolute Gasteiger partial charge is 0.263 e. The Morgan fingerprint density at radius 1 is 1.47 bits per heavy atom. The summed E-state index contributed by atoms with van der Waals surface area (Å²) in [5.41, 5.74) is 0. The summed E-state index contributed by atoms with van der Waals surface area (Å²) >= 11 is 0. The molecule has 1 atom stereocenters. The standard InChI is InChI=1S/C12H17FN2O3S/c1-9(16)10-4-7-15(8-5-10)19(17,18)12-11(13)3-2-6-14-12/h2-3,6,9-10,16H,4-5,7-8H2,1H3. The Labute approximate surface area is 112 Å². The molecular weight excluding hydrogens is 271 g/mol. The van der Waals surface area contributed by atoms with E-state index < -0.39 is 27.0 Å². The Morgan fingerprint density at radius 2 is 2.11 bits per heavy atom. The molecule has 1 unspecified atom stereocenters. The van der Waals surface area contributed by atoms with E-state index in [4.69, 9.17) is 0 Å². The third-order valence-corrected chi connectivity index (χ3v) is 5.32. The van der Waals surface area contributed by atoms with Gasteiger partial charge in [-0.2, -0.15) is 4.31 Å². The van der Waals surface area contributed by atoms with Crippen molar-refractivity contribution >= 4 is 10.0 Å². The van der Waals surface area contributed by atoms with Crippen LogP contribution in [0.1, 0.15) is 19.8 Å². The molecule has 2 heterocycles. The van der Waals surface area contributed by atoms with Gasteiger partial charge in [-0.25, -0.2) is 17.8 Å². The molecule has 1 aromatic heterocycles. The van der Waals surface area contributed by atoms with Gasteiger partial charge in [-0.3, -0.25) is 0 Å². The number of hydrogen-bond acceptors (Lipinski definition) is 4. The van der Waals surface area contributed by atoms with Crippen molar-refractivity contribution in [1.29, 1.82) is 0 Å². The van der Waals surface area contributed by atoms with Gasteiger partial charge in [0.2, 0.25) is 5.03 Å². The van der Waals surface area contributed by atoms with E-state index in [2.05, 4.69) is 4.98 Å². The van der Waals surface area contributed by atoms with Crippen molar-refractivity contribution < 1.29 is 17.9 Å². The lowest BCUT2D eigenvalue weighted by Gasteiger charge is -2.32. The summed E-state index contributed by atoms with van der Waals surface area (Å²) in [5.74, 6) is -0.736. The first-order valence-corrected chi connectivity index (χ1v) is 7.65. The zero-order valence-electron chi connectivity index (χ0n) is 10.7. The highest BCUT2D eigenvalue weighted by Crippen LogP contribution is 2.25. The first kappa shape index (κ1) is 14.4. The van der Waals surface area contributed by atoms with Gasteiger partial charge in [0, 0.05) is 19.3 Å². The summed E-state index contributed by atoms with van der Waals surface area (Å²) in [7, 11) is -3.88. The predicted molar refractivity (Wildman–Crippen MR) is 67.4 cm³/mol. The van der Waals surface area contributed by atoms with E-state index in [1.54, 1.807) is 6.92 Å². The maximum atomic E-state index is 13.5. The highest BCUT2D eigenvalue weighted by atomic mass is 32.2. The summed E-state index contributed by atoms with van der Waals surface area (Å²) in [4.78, 5) is 3.63. The van der Waals surface area contributed by atoms with E-state index in [9.17, 15) is 17.9 Å². The molecular formula is C12H17FN2O3S. The molecule has 0 bridgehead atoms. The molecule has 0 saturated carbocycles. The van der Waals surface area contributed by atoms with Crippen molar-refractivity contribution in [2.45, 2.75) is 30.9 Å². The second-order valence-corrected chi connectivity index (χ2v) is 6.63. The third-order valence-electron chi connectivity index (χ3n) is 3.49. The highest BCUT2D eigenvalue weighted by Gasteiger charge is 2.33. The summed E-state index contributed by atoms with van der Waals surface area (Å²) in [5, 5.41) is 8.96. The molecule has 19 heavy (non-hydrogen) atoms. The van der Waals surface area contributed by atoms with Gasteiger partial charge < -0.3 is 5.11 Å². The van der Waals surface area contributed by atoms with Crippen LogP contribution in [0.2, 0.25) is 0 Å². The van der Waals surface area contributed by atoms with Crippen LogP contribution in [0, 0.1) is 11.7 Å². The van der Waals surface area contributed by atoms with E-state index >= 15 is 0 Å². The Morgan fingerprint density at radius 3 is 2.63 bits per heavy atom. The molecule has 0 radical (unpaired) electrons. The molecule has 1 fully saturated rings. The Hall–Kier alpha value is -1.05. The van der Waals surface area contributed by atoms with Crippen LogP contribution >= 0.6 is 0 Å². The average molecular weight is 288 g/mol. The normalized spacial score (nSPS) is 20.4. The van der Waals surface area contributed by atoms with Gasteiger partial charge in [0.25, 0.3) is 10.0 Å². The molecule has 106 valence electrons. The fraction of sp³-hybridized carbons (Fsp3) is 0.583. The molecule has 1 aromatic rings. The highest BCUT2D eigenvalue weighted by molar-refractivity contribution is 7.89. The third kappa shape index (κ3) is 2.93. The zero-order chi connectivity index (χ0) is 14.0. The lowest BCUT2D eigenvalue weighted by atomic mass is 9.93. The SMILES string of the molecule is CC(O)C1CCN(S(=O)(=O)c2ncccc2F)CC1. The van der Waals surface area contributed by atoms with Crippen molar-refractivity contribution in [3.63, 3.8) is 0 Å². The molecule has 0 amide bonds. The molecule has 1 aliphatic heterocycles. The predicted octanol–water partition coefficient (Wildman–Crippen LogP) is 1.00. The van der Waals surface area contributed by atoms with Crippen LogP contribution in [0.25, 0.3) is 0 Å².